The molecule has 2 heterocycles. The van der Waals surface area contributed by atoms with E-state index in [1.165, 1.54) is 0 Å². The summed E-state index contributed by atoms with van der Waals surface area (Å²) in [6.07, 6.45) is 5.55. The summed E-state index contributed by atoms with van der Waals surface area (Å²) in [6.45, 7) is 5.75. The molecule has 0 unspecified atom stereocenters. The van der Waals surface area contributed by atoms with Crippen LogP contribution in [0, 0.1) is 12.8 Å². The van der Waals surface area contributed by atoms with Crippen LogP contribution in [-0.2, 0) is 0 Å². The zero-order valence-corrected chi connectivity index (χ0v) is 9.93. The Morgan fingerprint density at radius 1 is 1.31 bits per heavy atom. The third-order valence-electron chi connectivity index (χ3n) is 3.27. The van der Waals surface area contributed by atoms with Crippen molar-refractivity contribution < 1.29 is 5.11 Å². The minimum Gasteiger partial charge on any atom is -0.393 e. The molecule has 0 bridgehead atoms. The van der Waals surface area contributed by atoms with E-state index in [-0.39, 0.29) is 6.10 Å². The molecule has 1 aromatic heterocycles. The fourth-order valence-electron chi connectivity index (χ4n) is 2.13. The van der Waals surface area contributed by atoms with Gasteiger partial charge in [0.05, 0.1) is 6.10 Å². The Morgan fingerprint density at radius 2 is 1.88 bits per heavy atom. The quantitative estimate of drug-likeness (QED) is 0.819. The molecule has 1 N–H and O–H groups in total. The maximum atomic E-state index is 9.52. The fraction of sp³-hybridized carbons (Fsp3) is 0.667. The third kappa shape index (κ3) is 2.50. The van der Waals surface area contributed by atoms with Gasteiger partial charge in [-0.3, -0.25) is 0 Å². The van der Waals surface area contributed by atoms with Gasteiger partial charge in [-0.05, 0) is 38.2 Å². The standard InChI is InChI=1S/C12H19N3O/c1-9-7-13-12(14-8-9)15-5-3-11(4-6-15)10(2)16/h7-8,10-11,16H,3-6H2,1-2H3/t10-/m1/s1. The van der Waals surface area contributed by atoms with E-state index in [1.54, 1.807) is 0 Å². The van der Waals surface area contributed by atoms with Crippen LogP contribution in [-0.4, -0.2) is 34.3 Å². The third-order valence-corrected chi connectivity index (χ3v) is 3.27. The number of hydrogen-bond acceptors (Lipinski definition) is 4. The summed E-state index contributed by atoms with van der Waals surface area (Å²) in [5.74, 6) is 1.25. The second-order valence-electron chi connectivity index (χ2n) is 4.63. The molecule has 0 radical (unpaired) electrons. The molecule has 1 atom stereocenters. The lowest BCUT2D eigenvalue weighted by Crippen LogP contribution is -2.37. The number of piperidine rings is 1. The van der Waals surface area contributed by atoms with Crippen molar-refractivity contribution in [1.82, 2.24) is 9.97 Å². The first-order chi connectivity index (χ1) is 7.66. The topological polar surface area (TPSA) is 49.2 Å². The number of aliphatic hydroxyl groups excluding tert-OH is 1. The van der Waals surface area contributed by atoms with Gasteiger partial charge in [-0.1, -0.05) is 0 Å². The second-order valence-corrected chi connectivity index (χ2v) is 4.63. The Morgan fingerprint density at radius 3 is 2.38 bits per heavy atom. The summed E-state index contributed by atoms with van der Waals surface area (Å²) in [7, 11) is 0. The number of nitrogens with zero attached hydrogens (tertiary/aromatic N) is 3. The van der Waals surface area contributed by atoms with E-state index in [1.807, 2.05) is 26.2 Å². The first kappa shape index (κ1) is 11.3. The van der Waals surface area contributed by atoms with Crippen LogP contribution in [0.1, 0.15) is 25.3 Å². The summed E-state index contributed by atoms with van der Waals surface area (Å²) in [6, 6.07) is 0. The Labute approximate surface area is 96.3 Å². The van der Waals surface area contributed by atoms with E-state index in [2.05, 4.69) is 14.9 Å². The second kappa shape index (κ2) is 4.78. The van der Waals surface area contributed by atoms with Crippen LogP contribution in [0.25, 0.3) is 0 Å². The summed E-state index contributed by atoms with van der Waals surface area (Å²) >= 11 is 0. The van der Waals surface area contributed by atoms with E-state index < -0.39 is 0 Å². The van der Waals surface area contributed by atoms with Crippen molar-refractivity contribution in [2.24, 2.45) is 5.92 Å². The van der Waals surface area contributed by atoms with E-state index in [4.69, 9.17) is 0 Å². The smallest absolute Gasteiger partial charge is 0.225 e. The average Bonchev–Trinajstić information content (AvgIpc) is 2.30. The van der Waals surface area contributed by atoms with Gasteiger partial charge in [0.15, 0.2) is 0 Å². The summed E-state index contributed by atoms with van der Waals surface area (Å²) in [5, 5.41) is 9.52. The summed E-state index contributed by atoms with van der Waals surface area (Å²) in [5.41, 5.74) is 1.09. The average molecular weight is 221 g/mol. The van der Waals surface area contributed by atoms with E-state index in [0.29, 0.717) is 5.92 Å². The van der Waals surface area contributed by atoms with Gasteiger partial charge in [0.25, 0.3) is 0 Å². The molecule has 4 nitrogen and oxygen atoms in total. The minimum absolute atomic E-state index is 0.193. The van der Waals surface area contributed by atoms with Crippen molar-refractivity contribution >= 4 is 5.95 Å². The zero-order chi connectivity index (χ0) is 11.5. The van der Waals surface area contributed by atoms with Crippen LogP contribution in [0.5, 0.6) is 0 Å². The number of aromatic nitrogens is 2. The normalized spacial score (nSPS) is 19.8. The van der Waals surface area contributed by atoms with Crippen molar-refractivity contribution in [3.05, 3.63) is 18.0 Å². The molecule has 0 aliphatic carbocycles. The van der Waals surface area contributed by atoms with E-state index >= 15 is 0 Å². The maximum absolute atomic E-state index is 9.52. The predicted molar refractivity (Wildman–Crippen MR) is 63.4 cm³/mol. The monoisotopic (exact) mass is 221 g/mol. The molecule has 88 valence electrons. The van der Waals surface area contributed by atoms with Crippen molar-refractivity contribution in [3.63, 3.8) is 0 Å². The SMILES string of the molecule is Cc1cnc(N2CCC([C@@H](C)O)CC2)nc1. The Hall–Kier alpha value is -1.16. The molecule has 1 aromatic rings. The molecule has 0 spiro atoms. The Balaban J connectivity index is 1.96. The zero-order valence-electron chi connectivity index (χ0n) is 9.93. The van der Waals surface area contributed by atoms with E-state index in [0.717, 1.165) is 37.4 Å². The number of aryl methyl sites for hydroxylation is 1. The molecule has 16 heavy (non-hydrogen) atoms. The highest BCUT2D eigenvalue weighted by Gasteiger charge is 2.23. The van der Waals surface area contributed by atoms with Gasteiger partial charge >= 0.3 is 0 Å². The molecule has 0 aromatic carbocycles. The highest BCUT2D eigenvalue weighted by molar-refractivity contribution is 5.30. The molecule has 2 rings (SSSR count). The van der Waals surface area contributed by atoms with Crippen LogP contribution in [0.4, 0.5) is 5.95 Å². The van der Waals surface area contributed by atoms with Crippen LogP contribution in [0.3, 0.4) is 0 Å². The van der Waals surface area contributed by atoms with Crippen LogP contribution < -0.4 is 4.90 Å². The highest BCUT2D eigenvalue weighted by atomic mass is 16.3. The van der Waals surface area contributed by atoms with Crippen molar-refractivity contribution in [1.29, 1.82) is 0 Å². The first-order valence-corrected chi connectivity index (χ1v) is 5.88. The minimum atomic E-state index is -0.193. The predicted octanol–water partition coefficient (Wildman–Crippen LogP) is 1.38. The molecule has 1 fully saturated rings. The number of hydrogen-bond donors (Lipinski definition) is 1. The van der Waals surface area contributed by atoms with Gasteiger partial charge in [0.1, 0.15) is 0 Å². The summed E-state index contributed by atoms with van der Waals surface area (Å²) < 4.78 is 0. The van der Waals surface area contributed by atoms with Crippen LogP contribution in [0.2, 0.25) is 0 Å². The van der Waals surface area contributed by atoms with Crippen molar-refractivity contribution in [3.8, 4) is 0 Å². The van der Waals surface area contributed by atoms with Crippen molar-refractivity contribution in [2.45, 2.75) is 32.8 Å². The maximum Gasteiger partial charge on any atom is 0.225 e. The molecule has 4 heteroatoms. The van der Waals surface area contributed by atoms with Crippen molar-refractivity contribution in [2.75, 3.05) is 18.0 Å². The molecule has 0 saturated carbocycles. The molecular formula is C12H19N3O. The van der Waals surface area contributed by atoms with Crippen LogP contribution >= 0.6 is 0 Å². The largest absolute Gasteiger partial charge is 0.393 e. The van der Waals surface area contributed by atoms with Crippen LogP contribution in [0.15, 0.2) is 12.4 Å². The number of rotatable bonds is 2. The van der Waals surface area contributed by atoms with Gasteiger partial charge in [-0.15, -0.1) is 0 Å². The summed E-state index contributed by atoms with van der Waals surface area (Å²) in [4.78, 5) is 10.8. The lowest BCUT2D eigenvalue weighted by Gasteiger charge is -2.33. The first-order valence-electron chi connectivity index (χ1n) is 5.88. The molecule has 0 amide bonds. The van der Waals surface area contributed by atoms with Gasteiger partial charge < -0.3 is 10.0 Å². The number of anilines is 1. The molecule has 1 aliphatic rings. The molecule has 1 saturated heterocycles. The number of aliphatic hydroxyl groups is 1. The fourth-order valence-corrected chi connectivity index (χ4v) is 2.13. The molecular weight excluding hydrogens is 202 g/mol. The lowest BCUT2D eigenvalue weighted by molar-refractivity contribution is 0.109. The van der Waals surface area contributed by atoms with E-state index in [9.17, 15) is 5.11 Å². The van der Waals surface area contributed by atoms with Gasteiger partial charge in [-0.25, -0.2) is 9.97 Å². The Kier molecular flexibility index (Phi) is 3.39. The van der Waals surface area contributed by atoms with Gasteiger partial charge in [0, 0.05) is 25.5 Å². The molecule has 1 aliphatic heterocycles. The highest BCUT2D eigenvalue weighted by Crippen LogP contribution is 2.22. The van der Waals surface area contributed by atoms with Gasteiger partial charge in [-0.2, -0.15) is 0 Å². The van der Waals surface area contributed by atoms with Gasteiger partial charge in [0.2, 0.25) is 5.95 Å². The Bertz CT molecular complexity index is 329. The lowest BCUT2D eigenvalue weighted by atomic mass is 9.92.